The molecular weight excluding hydrogens is 268 g/mol. The Morgan fingerprint density at radius 1 is 1.44 bits per heavy atom. The first-order valence-electron chi connectivity index (χ1n) is 5.47. The van der Waals surface area contributed by atoms with Crippen LogP contribution in [-0.2, 0) is 6.61 Å². The van der Waals surface area contributed by atoms with Crippen molar-refractivity contribution >= 4 is 24.0 Å². The van der Waals surface area contributed by atoms with Crippen LogP contribution >= 0.6 is 24.0 Å². The first-order chi connectivity index (χ1) is 8.70. The molecule has 0 aliphatic rings. The second kappa shape index (κ2) is 5.92. The van der Waals surface area contributed by atoms with E-state index in [0.717, 1.165) is 11.5 Å². The molecule has 0 spiro atoms. The van der Waals surface area contributed by atoms with Gasteiger partial charge in [0.1, 0.15) is 12.4 Å². The van der Waals surface area contributed by atoms with E-state index in [1.54, 1.807) is 11.8 Å². The highest BCUT2D eigenvalue weighted by atomic mass is 32.2. The quantitative estimate of drug-likeness (QED) is 0.500. The van der Waals surface area contributed by atoms with Gasteiger partial charge in [-0.1, -0.05) is 6.92 Å². The van der Waals surface area contributed by atoms with Crippen molar-refractivity contribution in [3.63, 3.8) is 0 Å². The molecular formula is C11H14N4OS2. The fourth-order valence-corrected chi connectivity index (χ4v) is 2.20. The van der Waals surface area contributed by atoms with Gasteiger partial charge >= 0.3 is 0 Å². The highest BCUT2D eigenvalue weighted by molar-refractivity contribution is 7.99. The summed E-state index contributed by atoms with van der Waals surface area (Å²) in [5.41, 5.74) is 0. The molecule has 7 heteroatoms. The van der Waals surface area contributed by atoms with Crippen LogP contribution in [0.2, 0.25) is 0 Å². The van der Waals surface area contributed by atoms with E-state index in [1.165, 1.54) is 9.57 Å². The summed E-state index contributed by atoms with van der Waals surface area (Å²) in [5.74, 6) is 8.07. The van der Waals surface area contributed by atoms with E-state index < -0.39 is 0 Å². The number of aromatic amines is 1. The Morgan fingerprint density at radius 2 is 2.17 bits per heavy atom. The normalized spacial score (nSPS) is 10.5. The lowest BCUT2D eigenvalue weighted by molar-refractivity contribution is 0.292. The number of nitrogens with two attached hydrogens (primary N) is 1. The first kappa shape index (κ1) is 13.0. The van der Waals surface area contributed by atoms with Gasteiger partial charge in [-0.05, 0) is 42.2 Å². The summed E-state index contributed by atoms with van der Waals surface area (Å²) in [6.45, 7) is 2.41. The van der Waals surface area contributed by atoms with Crippen molar-refractivity contribution in [2.75, 3.05) is 11.6 Å². The zero-order valence-corrected chi connectivity index (χ0v) is 11.6. The molecule has 0 fully saturated rings. The van der Waals surface area contributed by atoms with Crippen LogP contribution in [0.1, 0.15) is 12.7 Å². The molecule has 0 aliphatic heterocycles. The second-order valence-corrected chi connectivity index (χ2v) is 5.23. The predicted octanol–water partition coefficient (Wildman–Crippen LogP) is 2.35. The number of ether oxygens (including phenoxy) is 1. The highest BCUT2D eigenvalue weighted by Gasteiger charge is 2.03. The molecule has 3 N–H and O–H groups in total. The Bertz CT molecular complexity index is 561. The van der Waals surface area contributed by atoms with Crippen molar-refractivity contribution in [3.8, 4) is 5.75 Å². The third-order valence-corrected chi connectivity index (χ3v) is 3.46. The maximum atomic E-state index is 5.67. The van der Waals surface area contributed by atoms with E-state index in [4.69, 9.17) is 22.8 Å². The third kappa shape index (κ3) is 3.05. The van der Waals surface area contributed by atoms with Crippen LogP contribution in [0.15, 0.2) is 29.2 Å². The molecule has 0 amide bonds. The molecule has 5 nitrogen and oxygen atoms in total. The molecule has 0 bridgehead atoms. The summed E-state index contributed by atoms with van der Waals surface area (Å²) in [5, 5.41) is 6.58. The van der Waals surface area contributed by atoms with E-state index in [2.05, 4.69) is 17.1 Å². The number of rotatable bonds is 5. The number of nitrogen functional groups attached to an aromatic ring is 1. The Labute approximate surface area is 114 Å². The van der Waals surface area contributed by atoms with Gasteiger partial charge in [-0.15, -0.1) is 11.8 Å². The molecule has 1 heterocycles. The van der Waals surface area contributed by atoms with Gasteiger partial charge < -0.3 is 10.6 Å². The number of thioether (sulfide) groups is 1. The van der Waals surface area contributed by atoms with Gasteiger partial charge in [-0.2, -0.15) is 5.10 Å². The smallest absolute Gasteiger partial charge is 0.214 e. The lowest BCUT2D eigenvalue weighted by Gasteiger charge is -2.06. The van der Waals surface area contributed by atoms with Crippen LogP contribution in [0.5, 0.6) is 5.75 Å². The number of nitrogens with zero attached hydrogens (tertiary/aromatic N) is 2. The minimum absolute atomic E-state index is 0.282. The number of benzene rings is 1. The summed E-state index contributed by atoms with van der Waals surface area (Å²) < 4.78 is 7.26. The molecule has 18 heavy (non-hydrogen) atoms. The van der Waals surface area contributed by atoms with E-state index in [9.17, 15) is 0 Å². The Hall–Kier alpha value is -1.47. The largest absolute Gasteiger partial charge is 0.486 e. The van der Waals surface area contributed by atoms with Crippen molar-refractivity contribution in [2.45, 2.75) is 18.4 Å². The van der Waals surface area contributed by atoms with Gasteiger partial charge in [0.25, 0.3) is 0 Å². The SMILES string of the molecule is CCSc1ccc(OCc2n[nH]c(=S)n2N)cc1. The zero-order chi connectivity index (χ0) is 13.0. The number of aromatic nitrogens is 3. The van der Waals surface area contributed by atoms with Gasteiger partial charge in [0, 0.05) is 4.90 Å². The summed E-state index contributed by atoms with van der Waals surface area (Å²) in [4.78, 5) is 1.23. The summed E-state index contributed by atoms with van der Waals surface area (Å²) in [6.07, 6.45) is 0. The van der Waals surface area contributed by atoms with Crippen LogP contribution < -0.4 is 10.6 Å². The summed E-state index contributed by atoms with van der Waals surface area (Å²) in [7, 11) is 0. The topological polar surface area (TPSA) is 68.9 Å². The van der Waals surface area contributed by atoms with E-state index in [1.807, 2.05) is 24.3 Å². The molecule has 1 aromatic heterocycles. The molecule has 96 valence electrons. The molecule has 2 rings (SSSR count). The molecule has 0 unspecified atom stereocenters. The zero-order valence-electron chi connectivity index (χ0n) is 9.92. The van der Waals surface area contributed by atoms with Crippen LogP contribution in [0.4, 0.5) is 0 Å². The third-order valence-electron chi connectivity index (χ3n) is 2.28. The van der Waals surface area contributed by atoms with Crippen molar-refractivity contribution in [1.29, 1.82) is 0 Å². The molecule has 0 atom stereocenters. The van der Waals surface area contributed by atoms with Gasteiger partial charge in [0.05, 0.1) is 0 Å². The minimum atomic E-state index is 0.282. The second-order valence-electron chi connectivity index (χ2n) is 3.51. The number of H-pyrrole nitrogens is 1. The van der Waals surface area contributed by atoms with Crippen LogP contribution in [0.25, 0.3) is 0 Å². The molecule has 0 aliphatic carbocycles. The van der Waals surface area contributed by atoms with E-state index in [-0.39, 0.29) is 6.61 Å². The molecule has 0 radical (unpaired) electrons. The first-order valence-corrected chi connectivity index (χ1v) is 6.87. The van der Waals surface area contributed by atoms with E-state index in [0.29, 0.717) is 10.6 Å². The van der Waals surface area contributed by atoms with Gasteiger partial charge in [0.2, 0.25) is 4.77 Å². The minimum Gasteiger partial charge on any atom is -0.486 e. The fraction of sp³-hybridized carbons (Fsp3) is 0.273. The Balaban J connectivity index is 1.98. The van der Waals surface area contributed by atoms with Crippen molar-refractivity contribution < 1.29 is 4.74 Å². The van der Waals surface area contributed by atoms with Crippen LogP contribution in [0, 0.1) is 4.77 Å². The van der Waals surface area contributed by atoms with Crippen LogP contribution in [-0.4, -0.2) is 20.6 Å². The average Bonchev–Trinajstić information content (AvgIpc) is 2.70. The molecule has 1 aromatic carbocycles. The van der Waals surface area contributed by atoms with Crippen molar-refractivity contribution in [2.24, 2.45) is 0 Å². The number of hydrogen-bond donors (Lipinski definition) is 2. The lowest BCUT2D eigenvalue weighted by atomic mass is 10.3. The van der Waals surface area contributed by atoms with Crippen LogP contribution in [0.3, 0.4) is 0 Å². The Kier molecular flexibility index (Phi) is 4.27. The maximum absolute atomic E-state index is 5.67. The summed E-state index contributed by atoms with van der Waals surface area (Å²) in [6, 6.07) is 7.92. The summed E-state index contributed by atoms with van der Waals surface area (Å²) >= 11 is 6.71. The maximum Gasteiger partial charge on any atom is 0.214 e. The Morgan fingerprint density at radius 3 is 2.72 bits per heavy atom. The highest BCUT2D eigenvalue weighted by Crippen LogP contribution is 2.21. The van der Waals surface area contributed by atoms with Gasteiger partial charge in [-0.25, -0.2) is 4.68 Å². The lowest BCUT2D eigenvalue weighted by Crippen LogP contribution is -2.14. The molecule has 2 aromatic rings. The number of nitrogens with one attached hydrogen (secondary N) is 1. The van der Waals surface area contributed by atoms with Gasteiger partial charge in [-0.3, -0.25) is 5.10 Å². The fourth-order valence-electron chi connectivity index (χ4n) is 1.39. The van der Waals surface area contributed by atoms with Crippen molar-refractivity contribution in [3.05, 3.63) is 34.9 Å². The van der Waals surface area contributed by atoms with Crippen molar-refractivity contribution in [1.82, 2.24) is 14.9 Å². The molecule has 0 saturated carbocycles. The number of hydrogen-bond acceptors (Lipinski definition) is 5. The average molecular weight is 282 g/mol. The molecule has 0 saturated heterocycles. The monoisotopic (exact) mass is 282 g/mol. The van der Waals surface area contributed by atoms with E-state index >= 15 is 0 Å². The standard InChI is InChI=1S/C11H14N4OS2/c1-2-18-9-5-3-8(4-6-9)16-7-10-13-14-11(17)15(10)12/h3-6H,2,7,12H2,1H3,(H,14,17). The van der Waals surface area contributed by atoms with Gasteiger partial charge in [0.15, 0.2) is 5.82 Å². The predicted molar refractivity (Wildman–Crippen MR) is 74.7 cm³/mol.